The first-order valence-corrected chi connectivity index (χ1v) is 13.4. The topological polar surface area (TPSA) is 31.5 Å². The molecule has 0 radical (unpaired) electrons. The van der Waals surface area contributed by atoms with Gasteiger partial charge in [0.25, 0.3) is 0 Å². The van der Waals surface area contributed by atoms with E-state index in [2.05, 4.69) is 0 Å². The van der Waals surface area contributed by atoms with Crippen molar-refractivity contribution in [3.05, 3.63) is 0 Å². The molecular weight excluding hydrogens is 249 g/mol. The van der Waals surface area contributed by atoms with E-state index >= 15 is 0 Å². The van der Waals surface area contributed by atoms with Crippen LogP contribution in [0.25, 0.3) is 0 Å². The Hall–Kier alpha value is 2.00. The molecule has 0 aliphatic rings. The molecule has 0 spiro atoms. The second-order valence-electron chi connectivity index (χ2n) is 0.429. The Labute approximate surface area is 54.4 Å². The maximum absolute atomic E-state index is 5.04. The van der Waals surface area contributed by atoms with E-state index in [0.717, 1.165) is 0 Å². The average molecular weight is 251 g/mol. The first-order chi connectivity index (χ1) is 2.00. The van der Waals surface area contributed by atoms with Gasteiger partial charge in [-0.05, 0) is 0 Å². The molecule has 0 atom stereocenters. The summed E-state index contributed by atoms with van der Waals surface area (Å²) in [5.41, 5.74) is 0. The SMILES string of the molecule is O.[Cl][Zr]([Cl])([Cl])[Cl]. The molecule has 40 valence electrons. The summed E-state index contributed by atoms with van der Waals surface area (Å²) in [4.78, 5) is 0. The molecule has 0 aromatic rings. The molecule has 0 saturated heterocycles. The summed E-state index contributed by atoms with van der Waals surface area (Å²) >= 11 is -3.29. The van der Waals surface area contributed by atoms with Crippen LogP contribution in [0.5, 0.6) is 0 Å². The van der Waals surface area contributed by atoms with Crippen molar-refractivity contribution in [3.63, 3.8) is 0 Å². The van der Waals surface area contributed by atoms with Crippen LogP contribution in [0.4, 0.5) is 0 Å². The third-order valence-corrected chi connectivity index (χ3v) is 0. The molecule has 0 fully saturated rings. The number of hydrogen-bond donors (Lipinski definition) is 0. The van der Waals surface area contributed by atoms with E-state index in [1.54, 1.807) is 0 Å². The fourth-order valence-electron chi connectivity index (χ4n) is 0. The predicted molar refractivity (Wildman–Crippen MR) is 27.0 cm³/mol. The van der Waals surface area contributed by atoms with Crippen LogP contribution in [-0.4, -0.2) is 5.48 Å². The van der Waals surface area contributed by atoms with E-state index in [1.165, 1.54) is 0 Å². The summed E-state index contributed by atoms with van der Waals surface area (Å²) in [5, 5.41) is 0. The fraction of sp³-hybridized carbons (Fsp3) is 0. The molecule has 1 nitrogen and oxygen atoms in total. The van der Waals surface area contributed by atoms with Crippen LogP contribution < -0.4 is 0 Å². The third-order valence-electron chi connectivity index (χ3n) is 0. The summed E-state index contributed by atoms with van der Waals surface area (Å²) in [6, 6.07) is 0. The molecule has 0 heterocycles. The minimum absolute atomic E-state index is 0. The van der Waals surface area contributed by atoms with Gasteiger partial charge in [-0.1, -0.05) is 0 Å². The van der Waals surface area contributed by atoms with Gasteiger partial charge in [-0.25, -0.2) is 0 Å². The van der Waals surface area contributed by atoms with Crippen LogP contribution >= 0.6 is 34.1 Å². The van der Waals surface area contributed by atoms with Crippen molar-refractivity contribution in [1.82, 2.24) is 0 Å². The van der Waals surface area contributed by atoms with Gasteiger partial charge in [0.05, 0.1) is 0 Å². The zero-order chi connectivity index (χ0) is 4.50. The van der Waals surface area contributed by atoms with Crippen molar-refractivity contribution in [1.29, 1.82) is 0 Å². The Bertz CT molecular complexity index is 23.0. The van der Waals surface area contributed by atoms with Gasteiger partial charge < -0.3 is 5.48 Å². The quantitative estimate of drug-likeness (QED) is 0.630. The van der Waals surface area contributed by atoms with Gasteiger partial charge in [-0.3, -0.25) is 0 Å². The van der Waals surface area contributed by atoms with Gasteiger partial charge in [0.15, 0.2) is 0 Å². The van der Waals surface area contributed by atoms with Crippen LogP contribution in [0.1, 0.15) is 0 Å². The van der Waals surface area contributed by atoms with E-state index < -0.39 is 15.5 Å². The second-order valence-corrected chi connectivity index (χ2v) is 22.8. The van der Waals surface area contributed by atoms with Crippen LogP contribution in [0.2, 0.25) is 0 Å². The zero-order valence-corrected chi connectivity index (χ0v) is 7.99. The van der Waals surface area contributed by atoms with Crippen LogP contribution in [0.3, 0.4) is 0 Å². The molecule has 0 saturated carbocycles. The first-order valence-electron chi connectivity index (χ1n) is 0.756. The van der Waals surface area contributed by atoms with Gasteiger partial charge in [0, 0.05) is 0 Å². The van der Waals surface area contributed by atoms with Crippen LogP contribution in [0.15, 0.2) is 0 Å². The normalized spacial score (nSPS) is 10.0. The van der Waals surface area contributed by atoms with Gasteiger partial charge in [-0.15, -0.1) is 0 Å². The van der Waals surface area contributed by atoms with Gasteiger partial charge in [0.2, 0.25) is 0 Å². The Morgan fingerprint density at radius 3 is 0.833 bits per heavy atom. The van der Waals surface area contributed by atoms with Crippen molar-refractivity contribution in [2.75, 3.05) is 0 Å². The number of halogens is 4. The van der Waals surface area contributed by atoms with Crippen LogP contribution in [-0.2, 0) is 15.5 Å². The Morgan fingerprint density at radius 2 is 0.833 bits per heavy atom. The minimum atomic E-state index is -3.29. The van der Waals surface area contributed by atoms with Gasteiger partial charge >= 0.3 is 49.5 Å². The fourth-order valence-corrected chi connectivity index (χ4v) is 0. The van der Waals surface area contributed by atoms with E-state index in [9.17, 15) is 0 Å². The van der Waals surface area contributed by atoms with Crippen LogP contribution in [0, 0.1) is 0 Å². The van der Waals surface area contributed by atoms with Crippen molar-refractivity contribution in [2.24, 2.45) is 0 Å². The van der Waals surface area contributed by atoms with E-state index in [4.69, 9.17) is 34.1 Å². The molecule has 0 aliphatic carbocycles. The monoisotopic (exact) mass is 248 g/mol. The molecular formula is H2Cl4OZr. The summed E-state index contributed by atoms with van der Waals surface area (Å²) < 4.78 is 0. The molecule has 0 aromatic heterocycles. The Balaban J connectivity index is 0. The Kier molecular flexibility index (Phi) is 7.15. The second kappa shape index (κ2) is 3.94. The molecule has 6 heteroatoms. The standard InChI is InChI=1S/4ClH.H2O.Zr/h4*1H;1H2;/q;;;;;+4/p-4. The number of rotatable bonds is 0. The van der Waals surface area contributed by atoms with E-state index in [-0.39, 0.29) is 5.48 Å². The molecule has 0 rings (SSSR count). The maximum atomic E-state index is 5.04. The summed E-state index contributed by atoms with van der Waals surface area (Å²) in [6.07, 6.45) is 0. The van der Waals surface area contributed by atoms with Gasteiger partial charge in [0.1, 0.15) is 0 Å². The van der Waals surface area contributed by atoms with Crippen molar-refractivity contribution in [2.45, 2.75) is 0 Å². The van der Waals surface area contributed by atoms with Crippen molar-refractivity contribution >= 4 is 34.1 Å². The zero-order valence-electron chi connectivity index (χ0n) is 2.51. The molecule has 0 unspecified atom stereocenters. The number of hydrogen-bond acceptors (Lipinski definition) is 0. The predicted octanol–water partition coefficient (Wildman–Crippen LogP) is 1.93. The third kappa shape index (κ3) is 37.4. The molecule has 0 bridgehead atoms. The van der Waals surface area contributed by atoms with Gasteiger partial charge in [-0.2, -0.15) is 0 Å². The van der Waals surface area contributed by atoms with Crippen molar-refractivity contribution < 1.29 is 21.0 Å². The first kappa shape index (κ1) is 10.9. The van der Waals surface area contributed by atoms with Crippen molar-refractivity contribution in [3.8, 4) is 0 Å². The molecule has 0 aromatic carbocycles. The molecule has 0 amide bonds. The van der Waals surface area contributed by atoms with E-state index in [1.807, 2.05) is 0 Å². The molecule has 6 heavy (non-hydrogen) atoms. The molecule has 2 N–H and O–H groups in total. The van der Waals surface area contributed by atoms with E-state index in [0.29, 0.717) is 0 Å². The summed E-state index contributed by atoms with van der Waals surface area (Å²) in [7, 11) is 20.1. The average Bonchev–Trinajstić information content (AvgIpc) is 0.722. The molecule has 0 aliphatic heterocycles. The summed E-state index contributed by atoms with van der Waals surface area (Å²) in [6.45, 7) is 0. The summed E-state index contributed by atoms with van der Waals surface area (Å²) in [5.74, 6) is 0. The Morgan fingerprint density at radius 1 is 0.833 bits per heavy atom.